The molecule has 3 heterocycles. The van der Waals surface area contributed by atoms with E-state index >= 15 is 0 Å². The molecule has 2 aromatic heterocycles. The molecule has 37 heavy (non-hydrogen) atoms. The van der Waals surface area contributed by atoms with E-state index in [1.54, 1.807) is 30.7 Å². The molecule has 0 aliphatic carbocycles. The van der Waals surface area contributed by atoms with Crippen molar-refractivity contribution in [2.24, 2.45) is 5.92 Å². The lowest BCUT2D eigenvalue weighted by molar-refractivity contribution is 0.0660. The largest absolute Gasteiger partial charge is 0.338 e. The Morgan fingerprint density at radius 1 is 1.05 bits per heavy atom. The first-order valence-corrected chi connectivity index (χ1v) is 12.7. The summed E-state index contributed by atoms with van der Waals surface area (Å²) in [6, 6.07) is 17.2. The van der Waals surface area contributed by atoms with Crippen molar-refractivity contribution < 1.29 is 9.59 Å². The number of halogens is 1. The van der Waals surface area contributed by atoms with Crippen LogP contribution in [0.3, 0.4) is 0 Å². The average Bonchev–Trinajstić information content (AvgIpc) is 3.45. The highest BCUT2D eigenvalue weighted by Crippen LogP contribution is 2.34. The number of amides is 2. The molecule has 8 heteroatoms. The van der Waals surface area contributed by atoms with E-state index < -0.39 is 0 Å². The zero-order chi connectivity index (χ0) is 25.9. The molecule has 0 unspecified atom stereocenters. The molecular formula is C29H28ClN5O2. The summed E-state index contributed by atoms with van der Waals surface area (Å²) in [5, 5.41) is 3.22. The van der Waals surface area contributed by atoms with Gasteiger partial charge in [0, 0.05) is 48.6 Å². The molecule has 0 radical (unpaired) electrons. The second kappa shape index (κ2) is 10.6. The fraction of sp³-hybridized carbons (Fsp3) is 0.241. The van der Waals surface area contributed by atoms with Crippen LogP contribution in [-0.2, 0) is 0 Å². The number of likely N-dealkylation sites (tertiary alicyclic amines) is 1. The van der Waals surface area contributed by atoms with Crippen molar-refractivity contribution in [2.75, 3.05) is 18.4 Å². The van der Waals surface area contributed by atoms with Crippen LogP contribution in [0, 0.1) is 12.8 Å². The summed E-state index contributed by atoms with van der Waals surface area (Å²) in [5.41, 5.74) is 4.81. The van der Waals surface area contributed by atoms with Crippen LogP contribution in [0.15, 0.2) is 79.5 Å². The number of aromatic nitrogens is 3. The quantitative estimate of drug-likeness (QED) is 0.345. The van der Waals surface area contributed by atoms with Gasteiger partial charge in [-0.2, -0.15) is 0 Å². The zero-order valence-electron chi connectivity index (χ0n) is 20.8. The first-order valence-electron chi connectivity index (χ1n) is 12.3. The van der Waals surface area contributed by atoms with E-state index in [-0.39, 0.29) is 11.8 Å². The molecule has 1 N–H and O–H groups in total. The van der Waals surface area contributed by atoms with E-state index in [2.05, 4.69) is 46.5 Å². The number of nitrogens with one attached hydrogen (secondary N) is 1. The number of imidazole rings is 1. The molecule has 0 bridgehead atoms. The highest BCUT2D eigenvalue weighted by Gasteiger charge is 2.30. The number of anilines is 1. The predicted octanol–water partition coefficient (Wildman–Crippen LogP) is 5.75. The van der Waals surface area contributed by atoms with Crippen LogP contribution in [0.1, 0.15) is 51.1 Å². The molecule has 4 aromatic rings. The molecule has 5 rings (SSSR count). The van der Waals surface area contributed by atoms with Crippen LogP contribution >= 0.6 is 11.6 Å². The molecule has 2 amide bonds. The van der Waals surface area contributed by atoms with Crippen molar-refractivity contribution in [3.05, 3.63) is 107 Å². The number of carbonyl (C=O) groups is 2. The Balaban J connectivity index is 1.25. The second-order valence-corrected chi connectivity index (χ2v) is 9.93. The van der Waals surface area contributed by atoms with Gasteiger partial charge in [0.2, 0.25) is 0 Å². The van der Waals surface area contributed by atoms with Crippen molar-refractivity contribution in [1.82, 2.24) is 19.4 Å². The number of hydrogen-bond acceptors (Lipinski definition) is 4. The SMILES string of the molecule is Cc1ccc(C(=O)N2CC[C@H](c3ccc(-n4ccnc4)cc3)[C@@H](C)C2)cc1NC(=O)c1ccc(Cl)nc1. The third-order valence-electron chi connectivity index (χ3n) is 7.04. The van der Waals surface area contributed by atoms with E-state index in [4.69, 9.17) is 11.6 Å². The number of carbonyl (C=O) groups excluding carboxylic acids is 2. The van der Waals surface area contributed by atoms with Gasteiger partial charge < -0.3 is 14.8 Å². The highest BCUT2D eigenvalue weighted by atomic mass is 35.5. The van der Waals surface area contributed by atoms with Crippen LogP contribution in [-0.4, -0.2) is 44.3 Å². The molecule has 2 aromatic carbocycles. The monoisotopic (exact) mass is 513 g/mol. The fourth-order valence-corrected chi connectivity index (χ4v) is 5.02. The summed E-state index contributed by atoms with van der Waals surface area (Å²) < 4.78 is 1.99. The van der Waals surface area contributed by atoms with Crippen LogP contribution < -0.4 is 5.32 Å². The van der Waals surface area contributed by atoms with Crippen molar-refractivity contribution >= 4 is 29.1 Å². The van der Waals surface area contributed by atoms with Gasteiger partial charge in [-0.25, -0.2) is 9.97 Å². The van der Waals surface area contributed by atoms with E-state index in [0.717, 1.165) is 17.7 Å². The van der Waals surface area contributed by atoms with Gasteiger partial charge in [-0.1, -0.05) is 36.7 Å². The van der Waals surface area contributed by atoms with Crippen LogP contribution in [0.25, 0.3) is 5.69 Å². The Bertz CT molecular complexity index is 1400. The normalized spacial score (nSPS) is 17.4. The average molecular weight is 514 g/mol. The third-order valence-corrected chi connectivity index (χ3v) is 7.26. The third kappa shape index (κ3) is 5.42. The van der Waals surface area contributed by atoms with Crippen molar-refractivity contribution in [3.8, 4) is 5.69 Å². The van der Waals surface area contributed by atoms with E-state index in [9.17, 15) is 9.59 Å². The smallest absolute Gasteiger partial charge is 0.257 e. The second-order valence-electron chi connectivity index (χ2n) is 9.54. The van der Waals surface area contributed by atoms with Gasteiger partial charge in [0.05, 0.1) is 11.9 Å². The first kappa shape index (κ1) is 24.7. The number of benzene rings is 2. The first-order chi connectivity index (χ1) is 17.9. The van der Waals surface area contributed by atoms with Gasteiger partial charge in [0.15, 0.2) is 0 Å². The van der Waals surface area contributed by atoms with Crippen molar-refractivity contribution in [3.63, 3.8) is 0 Å². The molecule has 0 saturated carbocycles. The van der Waals surface area contributed by atoms with Gasteiger partial charge in [0.25, 0.3) is 11.8 Å². The van der Waals surface area contributed by atoms with Gasteiger partial charge in [0.1, 0.15) is 5.15 Å². The number of rotatable bonds is 5. The van der Waals surface area contributed by atoms with Crippen molar-refractivity contribution in [1.29, 1.82) is 0 Å². The Kier molecular flexibility index (Phi) is 7.06. The minimum atomic E-state index is -0.301. The lowest BCUT2D eigenvalue weighted by Crippen LogP contribution is -2.42. The van der Waals surface area contributed by atoms with Crippen LogP contribution in [0.4, 0.5) is 5.69 Å². The Morgan fingerprint density at radius 2 is 1.84 bits per heavy atom. The number of nitrogens with zero attached hydrogens (tertiary/aromatic N) is 4. The number of hydrogen-bond donors (Lipinski definition) is 1. The van der Waals surface area contributed by atoms with E-state index in [0.29, 0.717) is 46.9 Å². The molecule has 1 aliphatic rings. The molecule has 7 nitrogen and oxygen atoms in total. The maximum Gasteiger partial charge on any atom is 0.257 e. The summed E-state index contributed by atoms with van der Waals surface area (Å²) in [5.74, 6) is 0.385. The summed E-state index contributed by atoms with van der Waals surface area (Å²) >= 11 is 5.82. The van der Waals surface area contributed by atoms with E-state index in [1.807, 2.05) is 34.7 Å². The van der Waals surface area contributed by atoms with Crippen LogP contribution in [0.5, 0.6) is 0 Å². The Labute approximate surface area is 221 Å². The number of piperidine rings is 1. The highest BCUT2D eigenvalue weighted by molar-refractivity contribution is 6.29. The maximum absolute atomic E-state index is 13.4. The van der Waals surface area contributed by atoms with Gasteiger partial charge >= 0.3 is 0 Å². The van der Waals surface area contributed by atoms with Crippen LogP contribution in [0.2, 0.25) is 5.15 Å². The number of aryl methyl sites for hydroxylation is 1. The minimum absolute atomic E-state index is 0.0237. The molecule has 0 spiro atoms. The minimum Gasteiger partial charge on any atom is -0.338 e. The standard InChI is InChI=1S/C29H28ClN5O2/c1-19-3-4-22(15-26(19)33-28(36)23-7-10-27(30)32-16-23)29(37)34-13-11-25(20(2)17-34)21-5-8-24(9-6-21)35-14-12-31-18-35/h3-10,12,14-16,18,20,25H,11,13,17H2,1-2H3,(H,33,36)/t20-,25-/m0/s1. The summed E-state index contributed by atoms with van der Waals surface area (Å²) in [7, 11) is 0. The van der Waals surface area contributed by atoms with Gasteiger partial charge in [-0.3, -0.25) is 9.59 Å². The summed E-state index contributed by atoms with van der Waals surface area (Å²) in [4.78, 5) is 36.1. The lowest BCUT2D eigenvalue weighted by atomic mass is 9.81. The van der Waals surface area contributed by atoms with E-state index in [1.165, 1.54) is 11.8 Å². The molecule has 1 fully saturated rings. The Hall–Kier alpha value is -3.97. The Morgan fingerprint density at radius 3 is 2.51 bits per heavy atom. The number of pyridine rings is 1. The lowest BCUT2D eigenvalue weighted by Gasteiger charge is -2.37. The summed E-state index contributed by atoms with van der Waals surface area (Å²) in [6.45, 7) is 5.46. The van der Waals surface area contributed by atoms with Gasteiger partial charge in [-0.15, -0.1) is 0 Å². The van der Waals surface area contributed by atoms with Crippen molar-refractivity contribution in [2.45, 2.75) is 26.2 Å². The zero-order valence-corrected chi connectivity index (χ0v) is 21.5. The maximum atomic E-state index is 13.4. The predicted molar refractivity (Wildman–Crippen MR) is 144 cm³/mol. The van der Waals surface area contributed by atoms with Gasteiger partial charge in [-0.05, 0) is 72.7 Å². The molecule has 1 saturated heterocycles. The molecule has 1 aliphatic heterocycles. The fourth-order valence-electron chi connectivity index (χ4n) is 4.91. The summed E-state index contributed by atoms with van der Waals surface area (Å²) in [6.07, 6.45) is 7.82. The molecule has 188 valence electrons. The molecule has 2 atom stereocenters. The molecular weight excluding hydrogens is 486 g/mol. The topological polar surface area (TPSA) is 80.1 Å².